The second-order valence-electron chi connectivity index (χ2n) is 5.51. The first-order valence-corrected chi connectivity index (χ1v) is 8.24. The van der Waals surface area contributed by atoms with Gasteiger partial charge in [0.05, 0.1) is 6.61 Å². The van der Waals surface area contributed by atoms with E-state index in [0.29, 0.717) is 5.41 Å². The first-order chi connectivity index (χ1) is 8.64. The summed E-state index contributed by atoms with van der Waals surface area (Å²) in [5, 5.41) is 5.72. The minimum Gasteiger partial charge on any atom is -0.383 e. The highest BCUT2D eigenvalue weighted by atomic mass is 79.9. The summed E-state index contributed by atoms with van der Waals surface area (Å²) in [5.41, 5.74) is 0.401. The average Bonchev–Trinajstić information content (AvgIpc) is 3.11. The molecule has 4 heteroatoms. The minimum atomic E-state index is 0.401. The summed E-state index contributed by atoms with van der Waals surface area (Å²) in [5.74, 6) is 0.897. The molecule has 0 spiro atoms. The Bertz CT molecular complexity index is 378. The number of hydrogen-bond acceptors (Lipinski definition) is 3. The van der Waals surface area contributed by atoms with Gasteiger partial charge in [0.25, 0.3) is 0 Å². The van der Waals surface area contributed by atoms with Gasteiger partial charge in [0.15, 0.2) is 0 Å². The fourth-order valence-electron chi connectivity index (χ4n) is 2.52. The number of halogens is 1. The number of rotatable bonds is 8. The molecular formula is C14H22BrNOS. The average molecular weight is 332 g/mol. The van der Waals surface area contributed by atoms with Crippen molar-refractivity contribution >= 4 is 27.3 Å². The van der Waals surface area contributed by atoms with Gasteiger partial charge in [-0.1, -0.05) is 6.92 Å². The Kier molecular flexibility index (Phi) is 5.24. The Morgan fingerprint density at radius 1 is 1.56 bits per heavy atom. The van der Waals surface area contributed by atoms with Crippen LogP contribution in [0.1, 0.15) is 24.6 Å². The van der Waals surface area contributed by atoms with Gasteiger partial charge in [-0.05, 0) is 52.6 Å². The van der Waals surface area contributed by atoms with Crippen LogP contribution >= 0.6 is 27.3 Å². The fraction of sp³-hybridized carbons (Fsp3) is 0.714. The van der Waals surface area contributed by atoms with Crippen molar-refractivity contribution in [2.24, 2.45) is 11.3 Å². The van der Waals surface area contributed by atoms with Crippen LogP contribution in [0.3, 0.4) is 0 Å². The van der Waals surface area contributed by atoms with E-state index >= 15 is 0 Å². The van der Waals surface area contributed by atoms with E-state index in [1.165, 1.54) is 28.6 Å². The van der Waals surface area contributed by atoms with Crippen LogP contribution in [0.15, 0.2) is 15.9 Å². The van der Waals surface area contributed by atoms with Crippen LogP contribution in [0.25, 0.3) is 0 Å². The molecule has 1 aromatic rings. The van der Waals surface area contributed by atoms with Crippen molar-refractivity contribution < 1.29 is 4.74 Å². The molecule has 1 unspecified atom stereocenters. The Hall–Kier alpha value is 0.1000. The van der Waals surface area contributed by atoms with Crippen molar-refractivity contribution in [1.82, 2.24) is 5.32 Å². The van der Waals surface area contributed by atoms with Crippen LogP contribution in [-0.2, 0) is 11.2 Å². The maximum Gasteiger partial charge on any atom is 0.0587 e. The van der Waals surface area contributed by atoms with Gasteiger partial charge in [-0.15, -0.1) is 11.3 Å². The maximum atomic E-state index is 5.09. The van der Waals surface area contributed by atoms with Crippen molar-refractivity contribution in [3.8, 4) is 0 Å². The second kappa shape index (κ2) is 6.51. The molecule has 1 saturated carbocycles. The summed E-state index contributed by atoms with van der Waals surface area (Å²) in [4.78, 5) is 1.49. The smallest absolute Gasteiger partial charge is 0.0587 e. The third-order valence-corrected chi connectivity index (χ3v) is 5.47. The normalized spacial score (nSPS) is 18.8. The van der Waals surface area contributed by atoms with E-state index in [2.05, 4.69) is 39.6 Å². The predicted molar refractivity (Wildman–Crippen MR) is 81.3 cm³/mol. The van der Waals surface area contributed by atoms with Gasteiger partial charge >= 0.3 is 0 Å². The molecule has 0 bridgehead atoms. The number of nitrogens with one attached hydrogen (secondary N) is 1. The summed E-state index contributed by atoms with van der Waals surface area (Å²) < 4.78 is 6.30. The van der Waals surface area contributed by atoms with Crippen LogP contribution in [0.4, 0.5) is 0 Å². The van der Waals surface area contributed by atoms with Gasteiger partial charge in [0.1, 0.15) is 0 Å². The summed E-state index contributed by atoms with van der Waals surface area (Å²) >= 11 is 5.41. The molecule has 1 aromatic heterocycles. The third kappa shape index (κ3) is 4.05. The highest BCUT2D eigenvalue weighted by Gasteiger charge is 2.41. The topological polar surface area (TPSA) is 21.3 Å². The lowest BCUT2D eigenvalue weighted by Crippen LogP contribution is -2.36. The first kappa shape index (κ1) is 14.5. The summed E-state index contributed by atoms with van der Waals surface area (Å²) in [6.07, 6.45) is 3.98. The molecule has 1 fully saturated rings. The van der Waals surface area contributed by atoms with E-state index < -0.39 is 0 Å². The Morgan fingerprint density at radius 3 is 2.89 bits per heavy atom. The molecule has 0 aliphatic heterocycles. The lowest BCUT2D eigenvalue weighted by atomic mass is 9.81. The van der Waals surface area contributed by atoms with Crippen molar-refractivity contribution in [3.05, 3.63) is 20.8 Å². The Morgan fingerprint density at radius 2 is 2.33 bits per heavy atom. The summed E-state index contributed by atoms with van der Waals surface area (Å²) in [6.45, 7) is 5.27. The fourth-order valence-corrected chi connectivity index (χ4v) is 4.17. The van der Waals surface area contributed by atoms with Crippen molar-refractivity contribution in [3.63, 3.8) is 0 Å². The molecule has 1 heterocycles. The Labute approximate surface area is 122 Å². The zero-order valence-corrected chi connectivity index (χ0v) is 13.6. The highest BCUT2D eigenvalue weighted by molar-refractivity contribution is 9.10. The molecule has 1 atom stereocenters. The first-order valence-electron chi connectivity index (χ1n) is 6.56. The van der Waals surface area contributed by atoms with Crippen molar-refractivity contribution in [2.75, 3.05) is 26.8 Å². The number of thiophene rings is 1. The summed E-state index contributed by atoms with van der Waals surface area (Å²) in [6, 6.07) is 2.26. The second-order valence-corrected chi connectivity index (χ2v) is 7.42. The van der Waals surface area contributed by atoms with Gasteiger partial charge < -0.3 is 10.1 Å². The van der Waals surface area contributed by atoms with Crippen LogP contribution in [-0.4, -0.2) is 26.8 Å². The number of hydrogen-bond donors (Lipinski definition) is 1. The Balaban J connectivity index is 1.89. The van der Waals surface area contributed by atoms with E-state index in [1.54, 1.807) is 7.11 Å². The van der Waals surface area contributed by atoms with Crippen LogP contribution in [0.5, 0.6) is 0 Å². The van der Waals surface area contributed by atoms with Gasteiger partial charge in [0.2, 0.25) is 0 Å². The van der Waals surface area contributed by atoms with Gasteiger partial charge in [-0.25, -0.2) is 0 Å². The zero-order valence-electron chi connectivity index (χ0n) is 11.2. The molecule has 0 radical (unpaired) electrons. The van der Waals surface area contributed by atoms with Crippen LogP contribution in [0, 0.1) is 11.3 Å². The molecule has 1 N–H and O–H groups in total. The van der Waals surface area contributed by atoms with E-state index in [1.807, 2.05) is 11.3 Å². The SMILES string of the molecule is COCCNCC(C)(Cc1cc(Br)cs1)C1CC1. The predicted octanol–water partition coefficient (Wildman–Crippen LogP) is 3.71. The highest BCUT2D eigenvalue weighted by Crippen LogP contribution is 2.47. The monoisotopic (exact) mass is 331 g/mol. The van der Waals surface area contributed by atoms with Gasteiger partial charge in [0, 0.05) is 34.9 Å². The number of methoxy groups -OCH3 is 1. The molecule has 0 aromatic carbocycles. The van der Waals surface area contributed by atoms with Crippen molar-refractivity contribution in [2.45, 2.75) is 26.2 Å². The van der Waals surface area contributed by atoms with Crippen LogP contribution < -0.4 is 5.32 Å². The molecule has 0 amide bonds. The van der Waals surface area contributed by atoms with E-state index in [0.717, 1.165) is 25.6 Å². The van der Waals surface area contributed by atoms with Gasteiger partial charge in [-0.3, -0.25) is 0 Å². The van der Waals surface area contributed by atoms with E-state index in [-0.39, 0.29) is 0 Å². The molecular weight excluding hydrogens is 310 g/mol. The van der Waals surface area contributed by atoms with Crippen molar-refractivity contribution in [1.29, 1.82) is 0 Å². The minimum absolute atomic E-state index is 0.401. The van der Waals surface area contributed by atoms with E-state index in [4.69, 9.17) is 4.74 Å². The molecule has 0 saturated heterocycles. The lowest BCUT2D eigenvalue weighted by molar-refractivity contribution is 0.187. The lowest BCUT2D eigenvalue weighted by Gasteiger charge is -2.30. The largest absolute Gasteiger partial charge is 0.383 e. The van der Waals surface area contributed by atoms with E-state index in [9.17, 15) is 0 Å². The maximum absolute atomic E-state index is 5.09. The van der Waals surface area contributed by atoms with Gasteiger partial charge in [-0.2, -0.15) is 0 Å². The standard InChI is InChI=1S/C14H22BrNOS/c1-14(11-3-4-11,10-16-5-6-17-2)8-13-7-12(15)9-18-13/h7,9,11,16H,3-6,8,10H2,1-2H3. The van der Waals surface area contributed by atoms with Crippen LogP contribution in [0.2, 0.25) is 0 Å². The molecule has 18 heavy (non-hydrogen) atoms. The molecule has 2 rings (SSSR count). The molecule has 1 aliphatic rings. The quantitative estimate of drug-likeness (QED) is 0.733. The summed E-state index contributed by atoms with van der Waals surface area (Å²) in [7, 11) is 1.75. The third-order valence-electron chi connectivity index (χ3n) is 3.77. The molecule has 2 nitrogen and oxygen atoms in total. The number of ether oxygens (including phenoxy) is 1. The zero-order chi connectivity index (χ0) is 13.0. The molecule has 102 valence electrons. The molecule has 1 aliphatic carbocycles.